The van der Waals surface area contributed by atoms with Gasteiger partial charge in [0.15, 0.2) is 9.84 Å². The van der Waals surface area contributed by atoms with Crippen LogP contribution in [0.25, 0.3) is 0 Å². The average molecular weight is 259 g/mol. The predicted octanol–water partition coefficient (Wildman–Crippen LogP) is -0.250. The monoisotopic (exact) mass is 259 g/mol. The molecular formula is C10H17N3O3S. The van der Waals surface area contributed by atoms with E-state index >= 15 is 0 Å². The van der Waals surface area contributed by atoms with Crippen molar-refractivity contribution >= 4 is 15.7 Å². The molecule has 2 rings (SSSR count). The summed E-state index contributed by atoms with van der Waals surface area (Å²) >= 11 is 0. The van der Waals surface area contributed by atoms with E-state index in [-0.39, 0.29) is 24.2 Å². The van der Waals surface area contributed by atoms with E-state index in [4.69, 9.17) is 10.8 Å². The quantitative estimate of drug-likeness (QED) is 0.777. The Morgan fingerprint density at radius 3 is 2.94 bits per heavy atom. The highest BCUT2D eigenvalue weighted by Gasteiger charge is 2.30. The highest BCUT2D eigenvalue weighted by atomic mass is 32.2. The molecule has 0 spiro atoms. The second-order valence-corrected chi connectivity index (χ2v) is 6.61. The lowest BCUT2D eigenvalue weighted by Crippen LogP contribution is -2.15. The second-order valence-electron chi connectivity index (χ2n) is 4.38. The standard InChI is InChI=1S/C10H17N3O3S/c11-10-8(2-1-4-14)6-12-13(10)9-3-5-17(15,16)7-9/h6,9,14H,1-5,7,11H2. The summed E-state index contributed by atoms with van der Waals surface area (Å²) in [7, 11) is -2.92. The number of rotatable bonds is 4. The molecule has 1 aliphatic rings. The van der Waals surface area contributed by atoms with Crippen LogP contribution in [-0.4, -0.2) is 41.4 Å². The summed E-state index contributed by atoms with van der Waals surface area (Å²) in [5.74, 6) is 0.863. The summed E-state index contributed by atoms with van der Waals surface area (Å²) in [5.41, 5.74) is 6.81. The molecule has 7 heteroatoms. The summed E-state index contributed by atoms with van der Waals surface area (Å²) in [6, 6.07) is -0.136. The van der Waals surface area contributed by atoms with Crippen LogP contribution in [0, 0.1) is 0 Å². The molecule has 1 fully saturated rings. The van der Waals surface area contributed by atoms with Crippen LogP contribution < -0.4 is 5.73 Å². The zero-order valence-electron chi connectivity index (χ0n) is 9.54. The number of hydrogen-bond donors (Lipinski definition) is 2. The highest BCUT2D eigenvalue weighted by molar-refractivity contribution is 7.91. The van der Waals surface area contributed by atoms with E-state index < -0.39 is 9.84 Å². The van der Waals surface area contributed by atoms with Gasteiger partial charge in [-0.1, -0.05) is 0 Å². The van der Waals surface area contributed by atoms with Gasteiger partial charge < -0.3 is 10.8 Å². The van der Waals surface area contributed by atoms with Crippen molar-refractivity contribution in [3.63, 3.8) is 0 Å². The first kappa shape index (κ1) is 12.4. The molecule has 0 bridgehead atoms. The van der Waals surface area contributed by atoms with Crippen molar-refractivity contribution in [1.29, 1.82) is 0 Å². The van der Waals surface area contributed by atoms with Crippen LogP contribution in [0.3, 0.4) is 0 Å². The number of aryl methyl sites for hydroxylation is 1. The van der Waals surface area contributed by atoms with Gasteiger partial charge in [0.05, 0.1) is 23.7 Å². The Morgan fingerprint density at radius 2 is 2.35 bits per heavy atom. The minimum Gasteiger partial charge on any atom is -0.396 e. The maximum absolute atomic E-state index is 11.4. The Hall–Kier alpha value is -1.08. The Labute approximate surface area is 100 Å². The van der Waals surface area contributed by atoms with Gasteiger partial charge in [-0.3, -0.25) is 0 Å². The molecule has 2 heterocycles. The van der Waals surface area contributed by atoms with Gasteiger partial charge in [-0.05, 0) is 19.3 Å². The zero-order chi connectivity index (χ0) is 12.5. The Kier molecular flexibility index (Phi) is 3.39. The van der Waals surface area contributed by atoms with Crippen LogP contribution in [0.15, 0.2) is 6.20 Å². The Bertz CT molecular complexity index is 495. The number of anilines is 1. The fourth-order valence-electron chi connectivity index (χ4n) is 2.13. The first-order chi connectivity index (χ1) is 8.03. The predicted molar refractivity (Wildman–Crippen MR) is 64.4 cm³/mol. The minimum absolute atomic E-state index is 0.114. The van der Waals surface area contributed by atoms with Gasteiger partial charge in [0.25, 0.3) is 0 Å². The molecule has 17 heavy (non-hydrogen) atoms. The number of aliphatic hydroxyl groups excluding tert-OH is 1. The van der Waals surface area contributed by atoms with Crippen LogP contribution in [0.4, 0.5) is 5.82 Å². The normalized spacial score (nSPS) is 23.0. The molecule has 1 saturated heterocycles. The van der Waals surface area contributed by atoms with Crippen molar-refractivity contribution in [2.45, 2.75) is 25.3 Å². The molecule has 6 nitrogen and oxygen atoms in total. The third kappa shape index (κ3) is 2.61. The van der Waals surface area contributed by atoms with E-state index in [9.17, 15) is 8.42 Å². The van der Waals surface area contributed by atoms with E-state index in [1.807, 2.05) is 0 Å². The van der Waals surface area contributed by atoms with Gasteiger partial charge in [0.2, 0.25) is 0 Å². The van der Waals surface area contributed by atoms with E-state index in [0.29, 0.717) is 25.1 Å². The van der Waals surface area contributed by atoms with Crippen molar-refractivity contribution in [3.8, 4) is 0 Å². The number of nitrogens with two attached hydrogens (primary N) is 1. The molecular weight excluding hydrogens is 242 g/mol. The van der Waals surface area contributed by atoms with Crippen molar-refractivity contribution in [2.24, 2.45) is 0 Å². The van der Waals surface area contributed by atoms with Crippen LogP contribution in [-0.2, 0) is 16.3 Å². The highest BCUT2D eigenvalue weighted by Crippen LogP contribution is 2.27. The molecule has 1 unspecified atom stereocenters. The molecule has 1 aromatic heterocycles. The average Bonchev–Trinajstić information content (AvgIpc) is 2.79. The smallest absolute Gasteiger partial charge is 0.152 e. The molecule has 0 amide bonds. The first-order valence-electron chi connectivity index (χ1n) is 5.66. The van der Waals surface area contributed by atoms with Crippen LogP contribution in [0.5, 0.6) is 0 Å². The molecule has 1 aliphatic heterocycles. The molecule has 0 saturated carbocycles. The number of aromatic nitrogens is 2. The molecule has 3 N–H and O–H groups in total. The molecule has 96 valence electrons. The van der Waals surface area contributed by atoms with Gasteiger partial charge in [0.1, 0.15) is 5.82 Å². The van der Waals surface area contributed by atoms with Crippen molar-refractivity contribution in [2.75, 3.05) is 23.8 Å². The Balaban J connectivity index is 2.15. The van der Waals surface area contributed by atoms with E-state index in [1.165, 1.54) is 0 Å². The molecule has 1 aromatic rings. The van der Waals surface area contributed by atoms with Gasteiger partial charge >= 0.3 is 0 Å². The van der Waals surface area contributed by atoms with Crippen molar-refractivity contribution < 1.29 is 13.5 Å². The fourth-order valence-corrected chi connectivity index (χ4v) is 3.82. The Morgan fingerprint density at radius 1 is 1.59 bits per heavy atom. The molecule has 0 aromatic carbocycles. The maximum Gasteiger partial charge on any atom is 0.152 e. The summed E-state index contributed by atoms with van der Waals surface area (Å²) in [5, 5.41) is 12.9. The van der Waals surface area contributed by atoms with Crippen molar-refractivity contribution in [1.82, 2.24) is 9.78 Å². The number of aliphatic hydroxyl groups is 1. The zero-order valence-corrected chi connectivity index (χ0v) is 10.4. The van der Waals surface area contributed by atoms with Gasteiger partial charge in [-0.15, -0.1) is 0 Å². The van der Waals surface area contributed by atoms with E-state index in [0.717, 1.165) is 5.56 Å². The molecule has 0 radical (unpaired) electrons. The topological polar surface area (TPSA) is 98.2 Å². The number of nitrogen functional groups attached to an aromatic ring is 1. The summed E-state index contributed by atoms with van der Waals surface area (Å²) in [4.78, 5) is 0. The van der Waals surface area contributed by atoms with Gasteiger partial charge in [0, 0.05) is 12.2 Å². The maximum atomic E-state index is 11.4. The lowest BCUT2D eigenvalue weighted by molar-refractivity contribution is 0.288. The summed E-state index contributed by atoms with van der Waals surface area (Å²) in [6.45, 7) is 0.114. The second kappa shape index (κ2) is 4.66. The van der Waals surface area contributed by atoms with E-state index in [1.54, 1.807) is 10.9 Å². The molecule has 0 aliphatic carbocycles. The van der Waals surface area contributed by atoms with Gasteiger partial charge in [-0.2, -0.15) is 5.10 Å². The summed E-state index contributed by atoms with van der Waals surface area (Å²) in [6.07, 6.45) is 3.55. The van der Waals surface area contributed by atoms with Crippen LogP contribution in [0.2, 0.25) is 0 Å². The summed E-state index contributed by atoms with van der Waals surface area (Å²) < 4.78 is 24.4. The van der Waals surface area contributed by atoms with Crippen LogP contribution in [0.1, 0.15) is 24.4 Å². The number of nitrogens with zero attached hydrogens (tertiary/aromatic N) is 2. The lowest BCUT2D eigenvalue weighted by Gasteiger charge is -2.10. The van der Waals surface area contributed by atoms with Crippen LogP contribution >= 0.6 is 0 Å². The SMILES string of the molecule is Nc1c(CCCO)cnn1C1CCS(=O)(=O)C1. The van der Waals surface area contributed by atoms with Gasteiger partial charge in [-0.25, -0.2) is 13.1 Å². The lowest BCUT2D eigenvalue weighted by atomic mass is 10.2. The largest absolute Gasteiger partial charge is 0.396 e. The molecule has 1 atom stereocenters. The number of hydrogen-bond acceptors (Lipinski definition) is 5. The first-order valence-corrected chi connectivity index (χ1v) is 7.49. The minimum atomic E-state index is -2.92. The fraction of sp³-hybridized carbons (Fsp3) is 0.700. The van der Waals surface area contributed by atoms with Crippen molar-refractivity contribution in [3.05, 3.63) is 11.8 Å². The third-order valence-corrected chi connectivity index (χ3v) is 4.82. The third-order valence-electron chi connectivity index (χ3n) is 3.07. The van der Waals surface area contributed by atoms with E-state index in [2.05, 4.69) is 5.10 Å². The number of sulfone groups is 1.